The van der Waals surface area contributed by atoms with Gasteiger partial charge in [0.15, 0.2) is 11.6 Å². The molecule has 0 amide bonds. The fraction of sp³-hybridized carbons (Fsp3) is 0. The Morgan fingerprint density at radius 3 is 2.64 bits per heavy atom. The standard InChI is InChI=1S/C6H4FNO3/c7-5-3-1-2-4-6(5)11-8(9)10/h1-4H. The Balaban J connectivity index is 2.86. The molecule has 0 N–H and O–H groups in total. The number of nitrogens with zero attached hydrogens (tertiary/aromatic N) is 1. The minimum Gasteiger partial charge on any atom is -0.273 e. The van der Waals surface area contributed by atoms with Crippen molar-refractivity contribution in [1.82, 2.24) is 0 Å². The van der Waals surface area contributed by atoms with Crippen LogP contribution in [0.1, 0.15) is 0 Å². The van der Waals surface area contributed by atoms with Gasteiger partial charge in [-0.3, -0.25) is 4.84 Å². The van der Waals surface area contributed by atoms with E-state index in [1.54, 1.807) is 0 Å². The first-order valence-electron chi connectivity index (χ1n) is 2.77. The minimum absolute atomic E-state index is 0.377. The van der Waals surface area contributed by atoms with E-state index in [1.165, 1.54) is 18.2 Å². The summed E-state index contributed by atoms with van der Waals surface area (Å²) >= 11 is 0. The largest absolute Gasteiger partial charge is 0.299 e. The van der Waals surface area contributed by atoms with Gasteiger partial charge in [0.1, 0.15) is 0 Å². The molecule has 1 aromatic rings. The number of benzene rings is 1. The Hall–Kier alpha value is -1.65. The second-order valence-corrected chi connectivity index (χ2v) is 1.75. The molecule has 0 atom stereocenters. The zero-order valence-electron chi connectivity index (χ0n) is 5.36. The summed E-state index contributed by atoms with van der Waals surface area (Å²) in [6, 6.07) is 5.13. The number of hydrogen-bond acceptors (Lipinski definition) is 3. The summed E-state index contributed by atoms with van der Waals surface area (Å²) in [7, 11) is 0. The third-order valence-electron chi connectivity index (χ3n) is 1.01. The molecule has 1 rings (SSSR count). The number of rotatable bonds is 2. The SMILES string of the molecule is O=[N+]([O-])Oc1ccccc1F. The lowest BCUT2D eigenvalue weighted by Crippen LogP contribution is -2.04. The van der Waals surface area contributed by atoms with Gasteiger partial charge in [-0.15, -0.1) is 10.1 Å². The van der Waals surface area contributed by atoms with Crippen LogP contribution in [-0.4, -0.2) is 5.09 Å². The monoisotopic (exact) mass is 157 g/mol. The molecular formula is C6H4FNO3. The van der Waals surface area contributed by atoms with Crippen LogP contribution in [0.15, 0.2) is 24.3 Å². The summed E-state index contributed by atoms with van der Waals surface area (Å²) in [5.41, 5.74) is 0. The van der Waals surface area contributed by atoms with Crippen LogP contribution < -0.4 is 4.84 Å². The predicted octanol–water partition coefficient (Wildman–Crippen LogP) is 1.40. The predicted molar refractivity (Wildman–Crippen MR) is 34.0 cm³/mol. The van der Waals surface area contributed by atoms with E-state index in [4.69, 9.17) is 0 Å². The molecule has 58 valence electrons. The zero-order chi connectivity index (χ0) is 8.27. The molecule has 0 heterocycles. The average molecular weight is 157 g/mol. The molecule has 0 saturated carbocycles. The van der Waals surface area contributed by atoms with E-state index < -0.39 is 10.9 Å². The van der Waals surface area contributed by atoms with Crippen molar-refractivity contribution in [2.75, 3.05) is 0 Å². The number of halogens is 1. The van der Waals surface area contributed by atoms with Crippen molar-refractivity contribution in [2.24, 2.45) is 0 Å². The maximum Gasteiger partial charge on any atom is 0.299 e. The molecule has 0 bridgehead atoms. The van der Waals surface area contributed by atoms with Gasteiger partial charge in [0, 0.05) is 0 Å². The van der Waals surface area contributed by atoms with Crippen LogP contribution in [-0.2, 0) is 0 Å². The average Bonchev–Trinajstić information content (AvgIpc) is 1.93. The van der Waals surface area contributed by atoms with Gasteiger partial charge >= 0.3 is 0 Å². The molecule has 0 radical (unpaired) electrons. The molecule has 0 fully saturated rings. The van der Waals surface area contributed by atoms with Crippen molar-refractivity contribution in [3.05, 3.63) is 40.2 Å². The van der Waals surface area contributed by atoms with Crippen LogP contribution >= 0.6 is 0 Å². The number of hydrogen-bond donors (Lipinski definition) is 0. The smallest absolute Gasteiger partial charge is 0.273 e. The maximum absolute atomic E-state index is 12.5. The molecule has 0 spiro atoms. The first-order valence-corrected chi connectivity index (χ1v) is 2.77. The molecule has 0 saturated heterocycles. The molecule has 0 aliphatic rings. The zero-order valence-corrected chi connectivity index (χ0v) is 5.36. The third kappa shape index (κ3) is 1.89. The lowest BCUT2D eigenvalue weighted by molar-refractivity contribution is -0.711. The fourth-order valence-corrected chi connectivity index (χ4v) is 0.599. The number of para-hydroxylation sites is 1. The van der Waals surface area contributed by atoms with Gasteiger partial charge in [0.2, 0.25) is 0 Å². The lowest BCUT2D eigenvalue weighted by atomic mass is 10.3. The maximum atomic E-state index is 12.5. The van der Waals surface area contributed by atoms with Crippen LogP contribution in [0.5, 0.6) is 5.75 Å². The Labute approximate surface area is 61.3 Å². The summed E-state index contributed by atoms with van der Waals surface area (Å²) in [5, 5.41) is 8.68. The third-order valence-corrected chi connectivity index (χ3v) is 1.01. The van der Waals surface area contributed by atoms with Gasteiger partial charge < -0.3 is 0 Å². The molecule has 0 aliphatic carbocycles. The molecule has 5 heteroatoms. The topological polar surface area (TPSA) is 52.4 Å². The Morgan fingerprint density at radius 2 is 2.09 bits per heavy atom. The first-order chi connectivity index (χ1) is 5.20. The summed E-state index contributed by atoms with van der Waals surface area (Å²) < 4.78 is 12.5. The highest BCUT2D eigenvalue weighted by Crippen LogP contribution is 2.14. The summed E-state index contributed by atoms with van der Waals surface area (Å²) in [6.07, 6.45) is 0. The van der Waals surface area contributed by atoms with Gasteiger partial charge in [-0.25, -0.2) is 4.39 Å². The normalized spacial score (nSPS) is 9.18. The van der Waals surface area contributed by atoms with Crippen LogP contribution in [0.25, 0.3) is 0 Å². The molecule has 0 aliphatic heterocycles. The van der Waals surface area contributed by atoms with E-state index in [0.29, 0.717) is 0 Å². The van der Waals surface area contributed by atoms with Gasteiger partial charge in [0.25, 0.3) is 5.09 Å². The summed E-state index contributed by atoms with van der Waals surface area (Å²) in [5.74, 6) is -1.12. The van der Waals surface area contributed by atoms with E-state index in [1.807, 2.05) is 0 Å². The van der Waals surface area contributed by atoms with Crippen LogP contribution in [0, 0.1) is 15.9 Å². The van der Waals surface area contributed by atoms with Crippen molar-refractivity contribution in [1.29, 1.82) is 0 Å². The van der Waals surface area contributed by atoms with Gasteiger partial charge in [-0.2, -0.15) is 0 Å². The van der Waals surface area contributed by atoms with Crippen molar-refractivity contribution < 1.29 is 14.3 Å². The lowest BCUT2D eigenvalue weighted by Gasteiger charge is -1.97. The van der Waals surface area contributed by atoms with E-state index in [2.05, 4.69) is 4.84 Å². The van der Waals surface area contributed by atoms with Crippen LogP contribution in [0.4, 0.5) is 4.39 Å². The molecule has 11 heavy (non-hydrogen) atoms. The van der Waals surface area contributed by atoms with Crippen molar-refractivity contribution >= 4 is 0 Å². The second kappa shape index (κ2) is 2.96. The molecule has 0 unspecified atom stereocenters. The molecule has 4 nitrogen and oxygen atoms in total. The molecule has 0 aromatic heterocycles. The molecular weight excluding hydrogens is 153 g/mol. The Kier molecular flexibility index (Phi) is 2.00. The summed E-state index contributed by atoms with van der Waals surface area (Å²) in [4.78, 5) is 13.6. The summed E-state index contributed by atoms with van der Waals surface area (Å²) in [6.45, 7) is 0. The molecule has 1 aromatic carbocycles. The van der Waals surface area contributed by atoms with Crippen molar-refractivity contribution in [2.45, 2.75) is 0 Å². The first kappa shape index (κ1) is 7.46. The van der Waals surface area contributed by atoms with E-state index in [-0.39, 0.29) is 5.75 Å². The van der Waals surface area contributed by atoms with Crippen LogP contribution in [0.3, 0.4) is 0 Å². The van der Waals surface area contributed by atoms with Gasteiger partial charge in [0.05, 0.1) is 0 Å². The van der Waals surface area contributed by atoms with Crippen molar-refractivity contribution in [3.63, 3.8) is 0 Å². The highest BCUT2D eigenvalue weighted by Gasteiger charge is 2.03. The van der Waals surface area contributed by atoms with Gasteiger partial charge in [-0.05, 0) is 12.1 Å². The van der Waals surface area contributed by atoms with E-state index in [9.17, 15) is 14.5 Å². The Bertz CT molecular complexity index is 276. The highest BCUT2D eigenvalue weighted by atomic mass is 19.1. The van der Waals surface area contributed by atoms with E-state index >= 15 is 0 Å². The second-order valence-electron chi connectivity index (χ2n) is 1.75. The Morgan fingerprint density at radius 1 is 1.45 bits per heavy atom. The van der Waals surface area contributed by atoms with Crippen molar-refractivity contribution in [3.8, 4) is 5.75 Å². The quantitative estimate of drug-likeness (QED) is 0.481. The minimum atomic E-state index is -1.06. The fourth-order valence-electron chi connectivity index (χ4n) is 0.599. The van der Waals surface area contributed by atoms with Gasteiger partial charge in [-0.1, -0.05) is 12.1 Å². The highest BCUT2D eigenvalue weighted by molar-refractivity contribution is 5.22. The van der Waals surface area contributed by atoms with Crippen LogP contribution in [0.2, 0.25) is 0 Å². The van der Waals surface area contributed by atoms with E-state index in [0.717, 1.165) is 6.07 Å².